The lowest BCUT2D eigenvalue weighted by atomic mass is 9.95. The number of hydrogen-bond donors (Lipinski definition) is 21. The highest BCUT2D eigenvalue weighted by molar-refractivity contribution is 6.03. The molecular formula is C79H116N22O26. The first-order valence-electron chi connectivity index (χ1n) is 41.6. The third kappa shape index (κ3) is 30.7. The Morgan fingerprint density at radius 3 is 1.41 bits per heavy atom. The van der Waals surface area contributed by atoms with Gasteiger partial charge in [0.1, 0.15) is 96.4 Å². The molecule has 4 fully saturated rings. The number of phenols is 1. The van der Waals surface area contributed by atoms with Crippen LogP contribution in [-0.2, 0) is 118 Å². The maximum atomic E-state index is 14.5. The van der Waals surface area contributed by atoms with E-state index in [1.165, 1.54) is 63.3 Å². The smallest absolute Gasteiger partial charge is 0.326 e. The minimum Gasteiger partial charge on any atom is -0.508 e. The van der Waals surface area contributed by atoms with E-state index in [9.17, 15) is 121 Å². The number of nitrogens with one attached hydrogen (secondary N) is 13. The Labute approximate surface area is 728 Å². The van der Waals surface area contributed by atoms with Crippen molar-refractivity contribution >= 4 is 130 Å². The van der Waals surface area contributed by atoms with Crippen molar-refractivity contribution in [1.29, 1.82) is 0 Å². The van der Waals surface area contributed by atoms with E-state index in [-0.39, 0.29) is 94.9 Å². The average molecular weight is 1790 g/mol. The van der Waals surface area contributed by atoms with Crippen LogP contribution in [-0.4, -0.2) is 310 Å². The lowest BCUT2D eigenvalue weighted by Crippen LogP contribution is -2.61. The second-order valence-corrected chi connectivity index (χ2v) is 32.3. The van der Waals surface area contributed by atoms with Crippen LogP contribution in [0.3, 0.4) is 0 Å². The zero-order valence-electron chi connectivity index (χ0n) is 71.4. The van der Waals surface area contributed by atoms with Gasteiger partial charge in [0.25, 0.3) is 0 Å². The van der Waals surface area contributed by atoms with E-state index in [4.69, 9.17) is 28.0 Å². The van der Waals surface area contributed by atoms with Crippen LogP contribution < -0.4 is 86.7 Å². The number of hydrogen-bond acceptors (Lipinski definition) is 25. The topological polar surface area (TPSA) is 747 Å². The number of likely N-dealkylation sites (tertiary alicyclic amines) is 4. The summed E-state index contributed by atoms with van der Waals surface area (Å²) in [5.74, 6) is -24.2. The maximum absolute atomic E-state index is 14.5. The lowest BCUT2D eigenvalue weighted by molar-refractivity contribution is -0.151. The molecule has 48 nitrogen and oxygen atoms in total. The predicted molar refractivity (Wildman–Crippen MR) is 439 cm³/mol. The Balaban J connectivity index is 1.08. The van der Waals surface area contributed by atoms with Crippen molar-refractivity contribution in [3.05, 3.63) is 48.0 Å². The number of nitrogens with zero attached hydrogens (tertiary/aromatic N) is 5. The van der Waals surface area contributed by atoms with Gasteiger partial charge in [-0.05, 0) is 115 Å². The molecule has 6 rings (SSSR count). The normalized spacial score (nSPS) is 19.0. The largest absolute Gasteiger partial charge is 0.508 e. The van der Waals surface area contributed by atoms with Gasteiger partial charge in [-0.15, -0.1) is 0 Å². The molecule has 4 saturated heterocycles. The van der Waals surface area contributed by atoms with Crippen LogP contribution in [0.5, 0.6) is 5.75 Å². The molecule has 19 amide bonds. The first kappa shape index (κ1) is 102. The molecule has 0 aliphatic carbocycles. The van der Waals surface area contributed by atoms with Crippen LogP contribution in [0.15, 0.2) is 36.8 Å². The number of carbonyl (C=O) groups is 22. The van der Waals surface area contributed by atoms with Gasteiger partial charge in [0.15, 0.2) is 0 Å². The SMILES string of the molecule is CC[C@H](C)[C@H](NC(=O)[C@H](CC(C)C)NC(=O)[C@H](CCC(N)=O)NC(=O)[C@H](CC(N)=O)NC(=O)[C@H](C)NC(=O)CNC(=O)[C@H](Cc1cnc[nH]1)NC(=O)[C@H](CC(=O)O)NC(=O)[C@H](C)NC(=O)[C@H](Cc1ccc(O)cc1)NC(=O)[C@@H]1CCCN1C(=O)[C@@H]1CCCN1C(=O)[C@@H]1CCCN1C(=O)[C@@H](N)CC(N)=O)C(=O)N1CCC[C@H]1C(=O)N[C@@H](C)C(=O)N[C@@H](CC(=O)O)C(=O)O. The van der Waals surface area contributed by atoms with Crippen molar-refractivity contribution in [2.45, 2.75) is 261 Å². The predicted octanol–water partition coefficient (Wildman–Crippen LogP) is -8.16. The number of imidazole rings is 1. The van der Waals surface area contributed by atoms with Gasteiger partial charge >= 0.3 is 17.9 Å². The molecule has 0 bridgehead atoms. The summed E-state index contributed by atoms with van der Waals surface area (Å²) in [5.41, 5.74) is 22.8. The number of primary amides is 3. The summed E-state index contributed by atoms with van der Waals surface area (Å²) >= 11 is 0. The second-order valence-electron chi connectivity index (χ2n) is 32.3. The number of carbonyl (C=O) groups excluding carboxylic acids is 19. The van der Waals surface area contributed by atoms with E-state index in [0.717, 1.165) is 13.8 Å². The van der Waals surface area contributed by atoms with E-state index in [0.29, 0.717) is 24.8 Å². The van der Waals surface area contributed by atoms with Crippen molar-refractivity contribution in [2.24, 2.45) is 34.8 Å². The Morgan fingerprint density at radius 1 is 0.457 bits per heavy atom. The first-order chi connectivity index (χ1) is 59.8. The van der Waals surface area contributed by atoms with E-state index in [1.807, 2.05) is 5.32 Å². The van der Waals surface area contributed by atoms with E-state index in [2.05, 4.69) is 68.5 Å². The lowest BCUT2D eigenvalue weighted by Gasteiger charge is -2.34. The molecular weight excluding hydrogens is 1670 g/mol. The highest BCUT2D eigenvalue weighted by Gasteiger charge is 2.48. The summed E-state index contributed by atoms with van der Waals surface area (Å²) in [5, 5.41) is 67.0. The van der Waals surface area contributed by atoms with Crippen molar-refractivity contribution < 1.29 is 126 Å². The van der Waals surface area contributed by atoms with Crippen LogP contribution in [0.2, 0.25) is 0 Å². The maximum Gasteiger partial charge on any atom is 0.326 e. The van der Waals surface area contributed by atoms with Crippen molar-refractivity contribution in [2.75, 3.05) is 32.7 Å². The summed E-state index contributed by atoms with van der Waals surface area (Å²) in [6.45, 7) is 9.63. The zero-order chi connectivity index (χ0) is 94.5. The van der Waals surface area contributed by atoms with Crippen LogP contribution in [0.1, 0.15) is 162 Å². The molecule has 0 radical (unpaired) electrons. The molecule has 0 saturated carbocycles. The number of aromatic amines is 1. The fourth-order valence-electron chi connectivity index (χ4n) is 14.9. The highest BCUT2D eigenvalue weighted by atomic mass is 16.4. The number of carboxylic acid groups (broad SMARTS) is 3. The van der Waals surface area contributed by atoms with Gasteiger partial charge in [-0.1, -0.05) is 46.2 Å². The number of carboxylic acids is 3. The second kappa shape index (κ2) is 48.1. The third-order valence-electron chi connectivity index (χ3n) is 21.8. The number of aromatic nitrogens is 2. The first-order valence-corrected chi connectivity index (χ1v) is 41.6. The molecule has 25 N–H and O–H groups in total. The van der Waals surface area contributed by atoms with Gasteiger partial charge in [0, 0.05) is 57.3 Å². The number of amides is 19. The number of H-pyrrole nitrogens is 1. The van der Waals surface area contributed by atoms with Gasteiger partial charge in [0.2, 0.25) is 112 Å². The minimum atomic E-state index is -2.00. The highest BCUT2D eigenvalue weighted by Crippen LogP contribution is 2.30. The molecule has 17 atom stereocenters. The molecule has 0 spiro atoms. The fraction of sp³-hybridized carbons (Fsp3) is 0.608. The van der Waals surface area contributed by atoms with E-state index < -0.39 is 284 Å². The van der Waals surface area contributed by atoms with Crippen LogP contribution in [0, 0.1) is 11.8 Å². The summed E-state index contributed by atoms with van der Waals surface area (Å²) in [6.07, 6.45) is -0.524. The third-order valence-corrected chi connectivity index (χ3v) is 21.8. The number of aliphatic carboxylic acids is 3. The average Bonchev–Trinajstić information content (AvgIpc) is 1.65. The minimum absolute atomic E-state index is 0.00847. The van der Waals surface area contributed by atoms with Gasteiger partial charge < -0.3 is 132 Å². The van der Waals surface area contributed by atoms with Crippen LogP contribution in [0.4, 0.5) is 0 Å². The fourth-order valence-corrected chi connectivity index (χ4v) is 14.9. The molecule has 4 aliphatic rings. The number of aromatic hydroxyl groups is 1. The standard InChI is InChI=1S/C79H116N22O26/c1-8-38(4)63(78(125)99-24-10-13-53(99)73(120)89-41(7)66(113)96-52(79(126)127)33-62(109)110)97-72(119)47(27-37(2)3)93-68(115)46(21-22-57(81)103)90-70(117)50(31-59(83)105)91-64(111)39(5)87-60(106)35-85-67(114)49(29-43-34-84-36-86-43)94-71(118)51(32-61(107)108)92-65(112)40(6)88-69(116)48(28-42-17-19-44(102)20-18-42)95-74(121)54-14-9-23-98(54)76(123)56-16-12-26-101(56)77(124)55-15-11-25-100(55)75(122)45(80)30-58(82)104/h17-20,34,36-41,45-56,63,102H,8-16,21-33,35,80H2,1-7H3,(H2,81,103)(H2,82,104)(H2,83,105)(H,84,86)(H,85,114)(H,87,106)(H,88,116)(H,89,120)(H,90,117)(H,91,111)(H,92,112)(H,93,115)(H,94,118)(H,95,121)(H,96,113)(H,97,119)(H,107,108)(H,109,110)(H,126,127)/t38-,39-,40-,41-,45-,46-,47-,48-,49-,50-,51-,52-,53-,54-,55-,56-,63-/m0/s1. The quantitative estimate of drug-likeness (QED) is 0.0293. The molecule has 1 aromatic carbocycles. The number of benzene rings is 1. The molecule has 2 aromatic rings. The number of phenolic OH excluding ortho intramolecular Hbond substituents is 1. The molecule has 5 heterocycles. The van der Waals surface area contributed by atoms with Gasteiger partial charge in [-0.3, -0.25) is 101 Å². The van der Waals surface area contributed by atoms with Gasteiger partial charge in [0.05, 0.1) is 44.6 Å². The number of rotatable bonds is 48. The van der Waals surface area contributed by atoms with Gasteiger partial charge in [-0.2, -0.15) is 0 Å². The summed E-state index contributed by atoms with van der Waals surface area (Å²) < 4.78 is 0. The molecule has 127 heavy (non-hydrogen) atoms. The van der Waals surface area contributed by atoms with E-state index in [1.54, 1.807) is 27.7 Å². The Hall–Kier alpha value is -13.5. The zero-order valence-corrected chi connectivity index (χ0v) is 71.4. The monoisotopic (exact) mass is 1790 g/mol. The molecule has 698 valence electrons. The summed E-state index contributed by atoms with van der Waals surface area (Å²) in [7, 11) is 0. The van der Waals surface area contributed by atoms with Crippen molar-refractivity contribution in [3.63, 3.8) is 0 Å². The molecule has 0 unspecified atom stereocenters. The summed E-state index contributed by atoms with van der Waals surface area (Å²) in [4.78, 5) is 307. The van der Waals surface area contributed by atoms with Crippen LogP contribution >= 0.6 is 0 Å². The van der Waals surface area contributed by atoms with Gasteiger partial charge in [-0.25, -0.2) is 9.78 Å². The number of nitrogens with two attached hydrogens (primary N) is 4. The van der Waals surface area contributed by atoms with Crippen LogP contribution in [0.25, 0.3) is 0 Å². The Bertz CT molecular complexity index is 4400. The molecule has 1 aromatic heterocycles. The summed E-state index contributed by atoms with van der Waals surface area (Å²) in [6, 6.07) is -18.4. The van der Waals surface area contributed by atoms with E-state index >= 15 is 0 Å². The van der Waals surface area contributed by atoms with Crippen molar-refractivity contribution in [1.82, 2.24) is 93.4 Å². The Morgan fingerprint density at radius 2 is 0.890 bits per heavy atom. The Kier molecular flexibility index (Phi) is 38.8. The van der Waals surface area contributed by atoms with Crippen molar-refractivity contribution in [3.8, 4) is 5.75 Å². The molecule has 4 aliphatic heterocycles. The molecule has 48 heteroatoms.